The Balaban J connectivity index is 1.40. The van der Waals surface area contributed by atoms with Crippen molar-refractivity contribution in [2.45, 2.75) is 0 Å². The molecule has 2 aromatic heterocycles. The molecule has 5 rings (SSSR count). The van der Waals surface area contributed by atoms with Crippen molar-refractivity contribution in [3.63, 3.8) is 0 Å². The van der Waals surface area contributed by atoms with E-state index in [-0.39, 0.29) is 5.91 Å². The number of nitrogens with zero attached hydrogens (tertiary/aromatic N) is 2. The summed E-state index contributed by atoms with van der Waals surface area (Å²) in [6.07, 6.45) is 3.99. The number of benzene rings is 3. The lowest BCUT2D eigenvalue weighted by molar-refractivity contribution is 0.102. The molecule has 1 amide bonds. The van der Waals surface area contributed by atoms with Crippen LogP contribution in [-0.4, -0.2) is 22.4 Å². The Kier molecular flexibility index (Phi) is 4.26. The van der Waals surface area contributed by atoms with E-state index >= 15 is 0 Å². The number of hydrogen-bond acceptors (Lipinski definition) is 4. The van der Waals surface area contributed by atoms with E-state index in [4.69, 9.17) is 4.74 Å². The highest BCUT2D eigenvalue weighted by molar-refractivity contribution is 7.15. The Morgan fingerprint density at radius 1 is 1.07 bits per heavy atom. The molecule has 0 aliphatic heterocycles. The van der Waals surface area contributed by atoms with Crippen molar-refractivity contribution < 1.29 is 9.53 Å². The van der Waals surface area contributed by atoms with Gasteiger partial charge in [0.25, 0.3) is 5.91 Å². The average Bonchev–Trinajstić information content (AvgIpc) is 3.35. The predicted molar refractivity (Wildman–Crippen MR) is 117 cm³/mol. The molecule has 5 nitrogen and oxygen atoms in total. The molecule has 0 unspecified atom stereocenters. The van der Waals surface area contributed by atoms with Crippen LogP contribution in [0.5, 0.6) is 5.75 Å². The highest BCUT2D eigenvalue weighted by Gasteiger charge is 2.14. The van der Waals surface area contributed by atoms with Gasteiger partial charge in [-0.2, -0.15) is 0 Å². The first kappa shape index (κ1) is 17.5. The van der Waals surface area contributed by atoms with Gasteiger partial charge in [0.05, 0.1) is 18.4 Å². The summed E-state index contributed by atoms with van der Waals surface area (Å²) in [6.45, 7) is 0. The molecule has 142 valence electrons. The fourth-order valence-electron chi connectivity index (χ4n) is 3.36. The van der Waals surface area contributed by atoms with Crippen molar-refractivity contribution in [1.29, 1.82) is 0 Å². The van der Waals surface area contributed by atoms with Crippen LogP contribution in [0.4, 0.5) is 5.69 Å². The minimum absolute atomic E-state index is 0.206. The van der Waals surface area contributed by atoms with Gasteiger partial charge in [0.15, 0.2) is 4.96 Å². The third kappa shape index (κ3) is 3.23. The molecule has 0 radical (unpaired) electrons. The van der Waals surface area contributed by atoms with Gasteiger partial charge in [-0.25, -0.2) is 4.98 Å². The van der Waals surface area contributed by atoms with Gasteiger partial charge in [0, 0.05) is 29.0 Å². The Hall–Kier alpha value is -3.64. The molecular formula is C23H17N3O2S. The number of methoxy groups -OCH3 is 1. The van der Waals surface area contributed by atoms with Crippen LogP contribution >= 0.6 is 11.3 Å². The number of rotatable bonds is 4. The maximum Gasteiger partial charge on any atom is 0.259 e. The first-order chi connectivity index (χ1) is 14.2. The second-order valence-electron chi connectivity index (χ2n) is 6.65. The minimum Gasteiger partial charge on any atom is -0.496 e. The van der Waals surface area contributed by atoms with Crippen molar-refractivity contribution in [2.24, 2.45) is 0 Å². The van der Waals surface area contributed by atoms with Crippen LogP contribution in [-0.2, 0) is 0 Å². The van der Waals surface area contributed by atoms with E-state index in [0.29, 0.717) is 11.3 Å². The molecule has 0 aliphatic rings. The van der Waals surface area contributed by atoms with E-state index in [9.17, 15) is 4.79 Å². The van der Waals surface area contributed by atoms with E-state index in [1.54, 1.807) is 18.4 Å². The van der Waals surface area contributed by atoms with Gasteiger partial charge < -0.3 is 10.1 Å². The van der Waals surface area contributed by atoms with E-state index in [1.807, 2.05) is 82.8 Å². The maximum atomic E-state index is 12.9. The molecule has 0 spiro atoms. The van der Waals surface area contributed by atoms with Gasteiger partial charge in [-0.05, 0) is 35.0 Å². The number of fused-ring (bicyclic) bond motifs is 2. The molecule has 5 aromatic rings. The zero-order valence-electron chi connectivity index (χ0n) is 15.6. The van der Waals surface area contributed by atoms with Crippen molar-refractivity contribution >= 4 is 38.7 Å². The molecule has 0 saturated heterocycles. The quantitative estimate of drug-likeness (QED) is 0.436. The normalized spacial score (nSPS) is 11.1. The molecular weight excluding hydrogens is 382 g/mol. The van der Waals surface area contributed by atoms with E-state index in [1.165, 1.54) is 0 Å². The first-order valence-corrected chi connectivity index (χ1v) is 10.00. The van der Waals surface area contributed by atoms with Gasteiger partial charge in [-0.1, -0.05) is 36.4 Å². The van der Waals surface area contributed by atoms with Crippen LogP contribution in [0.2, 0.25) is 0 Å². The lowest BCUT2D eigenvalue weighted by Gasteiger charge is -2.11. The summed E-state index contributed by atoms with van der Waals surface area (Å²) in [7, 11) is 1.57. The average molecular weight is 399 g/mol. The molecule has 6 heteroatoms. The predicted octanol–water partition coefficient (Wildman–Crippen LogP) is 5.48. The molecule has 0 fully saturated rings. The van der Waals surface area contributed by atoms with Gasteiger partial charge in [0.2, 0.25) is 0 Å². The topological polar surface area (TPSA) is 55.6 Å². The van der Waals surface area contributed by atoms with Crippen LogP contribution in [0.1, 0.15) is 10.4 Å². The van der Waals surface area contributed by atoms with Gasteiger partial charge in [-0.3, -0.25) is 9.20 Å². The van der Waals surface area contributed by atoms with Gasteiger partial charge >= 0.3 is 0 Å². The standard InChI is InChI=1S/C23H17N3O2S/c1-28-21-13-17-5-3-2-4-16(17)12-19(21)22(27)24-18-8-6-15(7-9-18)20-14-26-10-11-29-23(26)25-20/h2-14H,1H3,(H,24,27). The monoisotopic (exact) mass is 399 g/mol. The highest BCUT2D eigenvalue weighted by atomic mass is 32.1. The lowest BCUT2D eigenvalue weighted by atomic mass is 10.1. The third-order valence-electron chi connectivity index (χ3n) is 4.84. The van der Waals surface area contributed by atoms with E-state index in [2.05, 4.69) is 10.3 Å². The number of nitrogens with one attached hydrogen (secondary N) is 1. The molecule has 0 saturated carbocycles. The number of ether oxygens (including phenoxy) is 1. The molecule has 29 heavy (non-hydrogen) atoms. The number of carbonyl (C=O) groups is 1. The van der Waals surface area contributed by atoms with Crippen molar-refractivity contribution in [3.05, 3.63) is 84.0 Å². The molecule has 0 atom stereocenters. The highest BCUT2D eigenvalue weighted by Crippen LogP contribution is 2.27. The van der Waals surface area contributed by atoms with Crippen LogP contribution in [0.3, 0.4) is 0 Å². The molecule has 0 bridgehead atoms. The Morgan fingerprint density at radius 2 is 1.83 bits per heavy atom. The van der Waals surface area contributed by atoms with E-state index < -0.39 is 0 Å². The van der Waals surface area contributed by atoms with Gasteiger partial charge in [0.1, 0.15) is 5.75 Å². The molecule has 1 N–H and O–H groups in total. The smallest absolute Gasteiger partial charge is 0.259 e. The molecule has 0 aliphatic carbocycles. The number of carbonyl (C=O) groups excluding carboxylic acids is 1. The number of thiazole rings is 1. The van der Waals surface area contributed by atoms with E-state index in [0.717, 1.165) is 32.7 Å². The summed E-state index contributed by atoms with van der Waals surface area (Å²) < 4.78 is 7.44. The summed E-state index contributed by atoms with van der Waals surface area (Å²) in [5.74, 6) is 0.346. The number of anilines is 1. The largest absolute Gasteiger partial charge is 0.496 e. The van der Waals surface area contributed by atoms with Crippen LogP contribution in [0.25, 0.3) is 27.0 Å². The zero-order chi connectivity index (χ0) is 19.8. The fourth-order valence-corrected chi connectivity index (χ4v) is 4.06. The SMILES string of the molecule is COc1cc2ccccc2cc1C(=O)Nc1ccc(-c2cn3ccsc3n2)cc1. The summed E-state index contributed by atoms with van der Waals surface area (Å²) >= 11 is 1.60. The summed E-state index contributed by atoms with van der Waals surface area (Å²) in [4.78, 5) is 18.4. The van der Waals surface area contributed by atoms with Crippen LogP contribution in [0, 0.1) is 0 Å². The molecule has 3 aromatic carbocycles. The van der Waals surface area contributed by atoms with Crippen LogP contribution in [0.15, 0.2) is 78.4 Å². The second kappa shape index (κ2) is 7.07. The van der Waals surface area contributed by atoms with Crippen molar-refractivity contribution in [3.8, 4) is 17.0 Å². The number of aromatic nitrogens is 2. The lowest BCUT2D eigenvalue weighted by Crippen LogP contribution is -2.13. The summed E-state index contributed by atoms with van der Waals surface area (Å²) in [6, 6.07) is 19.3. The van der Waals surface area contributed by atoms with Gasteiger partial charge in [-0.15, -0.1) is 11.3 Å². The first-order valence-electron chi connectivity index (χ1n) is 9.12. The van der Waals surface area contributed by atoms with Crippen molar-refractivity contribution in [1.82, 2.24) is 9.38 Å². The molecule has 2 heterocycles. The summed E-state index contributed by atoms with van der Waals surface area (Å²) in [5, 5.41) is 6.99. The number of hydrogen-bond donors (Lipinski definition) is 1. The maximum absolute atomic E-state index is 12.9. The number of imidazole rings is 1. The van der Waals surface area contributed by atoms with Crippen molar-refractivity contribution in [2.75, 3.05) is 12.4 Å². The fraction of sp³-hybridized carbons (Fsp3) is 0.0435. The number of amides is 1. The Bertz CT molecular complexity index is 1310. The second-order valence-corrected chi connectivity index (χ2v) is 7.52. The zero-order valence-corrected chi connectivity index (χ0v) is 16.4. The Morgan fingerprint density at radius 3 is 2.55 bits per heavy atom. The summed E-state index contributed by atoms with van der Waals surface area (Å²) in [5.41, 5.74) is 3.13. The minimum atomic E-state index is -0.206. The third-order valence-corrected chi connectivity index (χ3v) is 5.61. The van der Waals surface area contributed by atoms with Crippen LogP contribution < -0.4 is 10.1 Å². The Labute approximate surface area is 171 Å².